The molecule has 4 heteroatoms. The van der Waals surface area contributed by atoms with Crippen molar-refractivity contribution in [2.24, 2.45) is 0 Å². The molecule has 0 bridgehead atoms. The average molecular weight is 321 g/mol. The van der Waals surface area contributed by atoms with Gasteiger partial charge in [0.25, 0.3) is 0 Å². The Kier molecular flexibility index (Phi) is 4.85. The van der Waals surface area contributed by atoms with E-state index in [1.54, 1.807) is 0 Å². The van der Waals surface area contributed by atoms with Crippen LogP contribution in [-0.2, 0) is 6.42 Å². The Morgan fingerprint density at radius 3 is 2.38 bits per heavy atom. The number of nitrogen functional groups attached to an aromatic ring is 1. The number of benzene rings is 1. The van der Waals surface area contributed by atoms with Crippen LogP contribution in [0.5, 0.6) is 5.75 Å². The highest BCUT2D eigenvalue weighted by molar-refractivity contribution is 5.41. The highest BCUT2D eigenvalue weighted by atomic mass is 16.5. The number of nitrogens with two attached hydrogens (primary N) is 1. The smallest absolute Gasteiger partial charge is 0.137 e. The molecule has 24 heavy (non-hydrogen) atoms. The molecule has 4 nitrogen and oxygen atoms in total. The van der Waals surface area contributed by atoms with Crippen molar-refractivity contribution in [2.75, 3.05) is 12.3 Å². The van der Waals surface area contributed by atoms with Crippen LogP contribution in [0, 0.1) is 13.8 Å². The molecular formula is C20H23N3O. The maximum Gasteiger partial charge on any atom is 0.137 e. The van der Waals surface area contributed by atoms with Gasteiger partial charge in [0, 0.05) is 22.8 Å². The zero-order valence-electron chi connectivity index (χ0n) is 14.2. The van der Waals surface area contributed by atoms with E-state index >= 15 is 0 Å². The SMILES string of the molecule is Cc1ccc(C)n1-c1cccc(CCCOc2ccc(N)cc2)n1. The number of rotatable bonds is 6. The average Bonchev–Trinajstić information content (AvgIpc) is 2.92. The third kappa shape index (κ3) is 3.77. The van der Waals surface area contributed by atoms with Crippen molar-refractivity contribution in [2.45, 2.75) is 26.7 Å². The number of hydrogen-bond donors (Lipinski definition) is 1. The lowest BCUT2D eigenvalue weighted by molar-refractivity contribution is 0.310. The van der Waals surface area contributed by atoms with Crippen LogP contribution in [0.4, 0.5) is 5.69 Å². The first-order chi connectivity index (χ1) is 11.6. The van der Waals surface area contributed by atoms with Gasteiger partial charge in [-0.25, -0.2) is 4.98 Å². The maximum absolute atomic E-state index is 5.73. The Bertz CT molecular complexity index is 787. The number of anilines is 1. The van der Waals surface area contributed by atoms with Crippen molar-refractivity contribution in [1.82, 2.24) is 9.55 Å². The minimum absolute atomic E-state index is 0.664. The monoisotopic (exact) mass is 321 g/mol. The molecule has 2 heterocycles. The molecule has 0 saturated carbocycles. The molecule has 1 aromatic carbocycles. The van der Waals surface area contributed by atoms with Gasteiger partial charge in [0.1, 0.15) is 11.6 Å². The molecule has 0 unspecified atom stereocenters. The molecule has 124 valence electrons. The summed E-state index contributed by atoms with van der Waals surface area (Å²) in [5, 5.41) is 0. The van der Waals surface area contributed by atoms with E-state index in [1.807, 2.05) is 30.3 Å². The number of aryl methyl sites for hydroxylation is 3. The van der Waals surface area contributed by atoms with Crippen LogP contribution in [0.3, 0.4) is 0 Å². The van der Waals surface area contributed by atoms with Crippen LogP contribution in [0.25, 0.3) is 5.82 Å². The van der Waals surface area contributed by atoms with Crippen molar-refractivity contribution in [3.05, 3.63) is 71.7 Å². The molecule has 0 aliphatic rings. The lowest BCUT2D eigenvalue weighted by Crippen LogP contribution is -2.05. The lowest BCUT2D eigenvalue weighted by atomic mass is 10.2. The van der Waals surface area contributed by atoms with E-state index in [9.17, 15) is 0 Å². The Morgan fingerprint density at radius 2 is 1.67 bits per heavy atom. The maximum atomic E-state index is 5.73. The first kappa shape index (κ1) is 16.1. The third-order valence-electron chi connectivity index (χ3n) is 4.02. The quantitative estimate of drug-likeness (QED) is 0.550. The Balaban J connectivity index is 1.58. The molecule has 0 aliphatic carbocycles. The minimum Gasteiger partial charge on any atom is -0.494 e. The molecular weight excluding hydrogens is 298 g/mol. The van der Waals surface area contributed by atoms with Crippen LogP contribution < -0.4 is 10.5 Å². The molecule has 3 aromatic rings. The van der Waals surface area contributed by atoms with Crippen molar-refractivity contribution >= 4 is 5.69 Å². The molecule has 3 rings (SSSR count). The van der Waals surface area contributed by atoms with Crippen molar-refractivity contribution < 1.29 is 4.74 Å². The number of pyridine rings is 1. The van der Waals surface area contributed by atoms with E-state index in [1.165, 1.54) is 11.4 Å². The summed E-state index contributed by atoms with van der Waals surface area (Å²) in [6, 6.07) is 17.9. The molecule has 2 N–H and O–H groups in total. The largest absolute Gasteiger partial charge is 0.494 e. The van der Waals surface area contributed by atoms with Gasteiger partial charge >= 0.3 is 0 Å². The number of aromatic nitrogens is 2. The van der Waals surface area contributed by atoms with Crippen LogP contribution in [0.2, 0.25) is 0 Å². The molecule has 0 amide bonds. The zero-order valence-corrected chi connectivity index (χ0v) is 14.2. The van der Waals surface area contributed by atoms with E-state index in [0.29, 0.717) is 6.61 Å². The molecule has 0 atom stereocenters. The van der Waals surface area contributed by atoms with E-state index in [4.69, 9.17) is 15.5 Å². The second kappa shape index (κ2) is 7.21. The van der Waals surface area contributed by atoms with E-state index < -0.39 is 0 Å². The molecule has 2 aromatic heterocycles. The number of ether oxygens (including phenoxy) is 1. The van der Waals surface area contributed by atoms with Crippen molar-refractivity contribution in [1.29, 1.82) is 0 Å². The van der Waals surface area contributed by atoms with Gasteiger partial charge < -0.3 is 15.0 Å². The summed E-state index contributed by atoms with van der Waals surface area (Å²) < 4.78 is 7.91. The summed E-state index contributed by atoms with van der Waals surface area (Å²) in [5.74, 6) is 1.83. The highest BCUT2D eigenvalue weighted by Gasteiger charge is 2.06. The fraction of sp³-hybridized carbons (Fsp3) is 0.250. The topological polar surface area (TPSA) is 53.1 Å². The standard InChI is InChI=1S/C20H23N3O/c1-15-8-9-16(2)23(15)20-7-3-5-18(22-20)6-4-14-24-19-12-10-17(21)11-13-19/h3,5,7-13H,4,6,14,21H2,1-2H3. The third-order valence-corrected chi connectivity index (χ3v) is 4.02. The van der Waals surface area contributed by atoms with Crippen LogP contribution >= 0.6 is 0 Å². The van der Waals surface area contributed by atoms with Crippen LogP contribution in [0.1, 0.15) is 23.5 Å². The van der Waals surface area contributed by atoms with Gasteiger partial charge in [-0.15, -0.1) is 0 Å². The van der Waals surface area contributed by atoms with Crippen molar-refractivity contribution in [3.8, 4) is 11.6 Å². The normalized spacial score (nSPS) is 10.8. The zero-order chi connectivity index (χ0) is 16.9. The molecule has 0 spiro atoms. The van der Waals surface area contributed by atoms with Gasteiger partial charge in [-0.1, -0.05) is 6.07 Å². The Morgan fingerprint density at radius 1 is 0.958 bits per heavy atom. The van der Waals surface area contributed by atoms with Gasteiger partial charge in [-0.3, -0.25) is 0 Å². The molecule has 0 aliphatic heterocycles. The number of nitrogens with zero attached hydrogens (tertiary/aromatic N) is 2. The second-order valence-corrected chi connectivity index (χ2v) is 5.96. The molecule has 0 radical (unpaired) electrons. The summed E-state index contributed by atoms with van der Waals surface area (Å²) in [6.07, 6.45) is 1.81. The Hall–Kier alpha value is -2.75. The van der Waals surface area contributed by atoms with E-state index in [-0.39, 0.29) is 0 Å². The van der Waals surface area contributed by atoms with Gasteiger partial charge in [-0.05, 0) is 75.2 Å². The second-order valence-electron chi connectivity index (χ2n) is 5.96. The van der Waals surface area contributed by atoms with Gasteiger partial charge in [0.2, 0.25) is 0 Å². The van der Waals surface area contributed by atoms with E-state index in [0.717, 1.165) is 35.8 Å². The summed E-state index contributed by atoms with van der Waals surface area (Å²) in [6.45, 7) is 4.86. The highest BCUT2D eigenvalue weighted by Crippen LogP contribution is 2.16. The van der Waals surface area contributed by atoms with Gasteiger partial charge in [0.05, 0.1) is 6.61 Å². The summed E-state index contributed by atoms with van der Waals surface area (Å²) in [4.78, 5) is 4.78. The molecule has 0 saturated heterocycles. The van der Waals surface area contributed by atoms with Crippen LogP contribution in [-0.4, -0.2) is 16.2 Å². The summed E-state index contributed by atoms with van der Waals surface area (Å²) >= 11 is 0. The lowest BCUT2D eigenvalue weighted by Gasteiger charge is -2.10. The van der Waals surface area contributed by atoms with Gasteiger partial charge in [-0.2, -0.15) is 0 Å². The van der Waals surface area contributed by atoms with E-state index in [2.05, 4.69) is 42.7 Å². The van der Waals surface area contributed by atoms with Crippen LogP contribution in [0.15, 0.2) is 54.6 Å². The minimum atomic E-state index is 0.664. The van der Waals surface area contributed by atoms with Gasteiger partial charge in [0.15, 0.2) is 0 Å². The first-order valence-corrected chi connectivity index (χ1v) is 8.23. The fourth-order valence-corrected chi connectivity index (χ4v) is 2.77. The summed E-state index contributed by atoms with van der Waals surface area (Å²) in [7, 11) is 0. The summed E-state index contributed by atoms with van der Waals surface area (Å²) in [5.41, 5.74) is 9.90. The predicted octanol–water partition coefficient (Wildman–Crippen LogP) is 4.08. The first-order valence-electron chi connectivity index (χ1n) is 8.23. The van der Waals surface area contributed by atoms with Crippen molar-refractivity contribution in [3.63, 3.8) is 0 Å². The fourth-order valence-electron chi connectivity index (χ4n) is 2.77. The number of hydrogen-bond acceptors (Lipinski definition) is 3. The predicted molar refractivity (Wildman–Crippen MR) is 97.7 cm³/mol. The Labute approximate surface area is 142 Å². The molecule has 0 fully saturated rings.